The fourth-order valence-corrected chi connectivity index (χ4v) is 2.40. The van der Waals surface area contributed by atoms with E-state index >= 15 is 0 Å². The first-order valence-electron chi connectivity index (χ1n) is 7.54. The van der Waals surface area contributed by atoms with Gasteiger partial charge in [0.1, 0.15) is 17.0 Å². The van der Waals surface area contributed by atoms with Gasteiger partial charge in [-0.3, -0.25) is 9.59 Å². The van der Waals surface area contributed by atoms with Crippen molar-refractivity contribution in [3.8, 4) is 11.3 Å². The van der Waals surface area contributed by atoms with Crippen molar-refractivity contribution in [2.24, 2.45) is 0 Å². The summed E-state index contributed by atoms with van der Waals surface area (Å²) in [6.45, 7) is 3.96. The largest absolute Gasteiger partial charge is 0.361 e. The van der Waals surface area contributed by atoms with Gasteiger partial charge >= 0.3 is 0 Å². The summed E-state index contributed by atoms with van der Waals surface area (Å²) in [7, 11) is 0. The van der Waals surface area contributed by atoms with E-state index in [1.165, 1.54) is 6.07 Å². The Morgan fingerprint density at radius 1 is 1.21 bits per heavy atom. The molecule has 0 saturated carbocycles. The molecule has 0 unspecified atom stereocenters. The van der Waals surface area contributed by atoms with Gasteiger partial charge in [-0.05, 0) is 37.6 Å². The van der Waals surface area contributed by atoms with Crippen molar-refractivity contribution in [2.45, 2.75) is 20.4 Å². The number of hydrogen-bond acceptors (Lipinski definition) is 4. The second kappa shape index (κ2) is 6.54. The molecule has 0 saturated heterocycles. The molecule has 0 aliphatic rings. The van der Waals surface area contributed by atoms with Crippen molar-refractivity contribution in [3.63, 3.8) is 0 Å². The van der Waals surface area contributed by atoms with E-state index in [1.54, 1.807) is 19.1 Å². The van der Waals surface area contributed by atoms with Gasteiger partial charge in [-0.2, -0.15) is 0 Å². The van der Waals surface area contributed by atoms with E-state index in [4.69, 9.17) is 4.52 Å². The van der Waals surface area contributed by atoms with E-state index in [2.05, 4.69) is 15.5 Å². The van der Waals surface area contributed by atoms with Crippen LogP contribution in [-0.2, 0) is 6.54 Å². The minimum atomic E-state index is -0.451. The third kappa shape index (κ3) is 3.43. The molecule has 6 heteroatoms. The van der Waals surface area contributed by atoms with Gasteiger partial charge in [0.25, 0.3) is 11.5 Å². The number of benzene rings is 1. The molecule has 2 N–H and O–H groups in total. The molecule has 122 valence electrons. The first-order chi connectivity index (χ1) is 11.5. The number of nitrogens with zero attached hydrogens (tertiary/aromatic N) is 1. The molecule has 3 rings (SSSR count). The average Bonchev–Trinajstić information content (AvgIpc) is 2.98. The van der Waals surface area contributed by atoms with Crippen LogP contribution in [0.3, 0.4) is 0 Å². The van der Waals surface area contributed by atoms with Crippen LogP contribution in [0.25, 0.3) is 11.3 Å². The van der Waals surface area contributed by atoms with Crippen LogP contribution in [0.4, 0.5) is 0 Å². The van der Waals surface area contributed by atoms with Crippen LogP contribution < -0.4 is 10.9 Å². The fraction of sp³-hybridized carbons (Fsp3) is 0.167. The minimum absolute atomic E-state index is 0.0617. The smallest absolute Gasteiger partial charge is 0.261 e. The fourth-order valence-electron chi connectivity index (χ4n) is 2.40. The van der Waals surface area contributed by atoms with Crippen molar-refractivity contribution >= 4 is 5.91 Å². The van der Waals surface area contributed by atoms with Crippen molar-refractivity contribution < 1.29 is 9.32 Å². The summed E-state index contributed by atoms with van der Waals surface area (Å²) in [6, 6.07) is 12.8. The second-order valence-electron chi connectivity index (χ2n) is 5.60. The number of rotatable bonds is 4. The Morgan fingerprint density at radius 2 is 2.04 bits per heavy atom. The van der Waals surface area contributed by atoms with Crippen molar-refractivity contribution in [1.82, 2.24) is 15.5 Å². The quantitative estimate of drug-likeness (QED) is 0.772. The van der Waals surface area contributed by atoms with E-state index in [9.17, 15) is 9.59 Å². The Bertz CT molecular complexity index is 940. The Kier molecular flexibility index (Phi) is 4.29. The lowest BCUT2D eigenvalue weighted by Crippen LogP contribution is -2.29. The molecule has 2 aromatic heterocycles. The summed E-state index contributed by atoms with van der Waals surface area (Å²) < 4.78 is 4.93. The molecule has 1 amide bonds. The van der Waals surface area contributed by atoms with Crippen LogP contribution in [0.1, 0.15) is 27.4 Å². The second-order valence-corrected chi connectivity index (χ2v) is 5.60. The highest BCUT2D eigenvalue weighted by molar-refractivity contribution is 5.94. The summed E-state index contributed by atoms with van der Waals surface area (Å²) in [5, 5.41) is 6.45. The summed E-state index contributed by atoms with van der Waals surface area (Å²) in [5.41, 5.74) is 2.91. The minimum Gasteiger partial charge on any atom is -0.361 e. The van der Waals surface area contributed by atoms with Gasteiger partial charge in [0.05, 0.1) is 6.54 Å². The van der Waals surface area contributed by atoms with Gasteiger partial charge in [-0.25, -0.2) is 0 Å². The lowest BCUT2D eigenvalue weighted by Gasteiger charge is -2.06. The Morgan fingerprint density at radius 3 is 2.71 bits per heavy atom. The van der Waals surface area contributed by atoms with Gasteiger partial charge in [0.2, 0.25) is 0 Å². The lowest BCUT2D eigenvalue weighted by atomic mass is 10.1. The molecule has 3 aromatic rings. The van der Waals surface area contributed by atoms with Crippen LogP contribution in [-0.4, -0.2) is 16.0 Å². The molecular weight excluding hydrogens is 306 g/mol. The molecule has 0 aliphatic heterocycles. The zero-order valence-corrected chi connectivity index (χ0v) is 13.4. The standard InChI is InChI=1S/C18H17N3O3/c1-11-4-3-5-13(8-11)16-7-6-15(18(23)20-16)17(22)19-10-14-9-12(2)24-21-14/h3-9H,10H2,1-2H3,(H,19,22)(H,20,23). The predicted molar refractivity (Wildman–Crippen MR) is 89.6 cm³/mol. The number of H-pyrrole nitrogens is 1. The van der Waals surface area contributed by atoms with Crippen LogP contribution in [0.2, 0.25) is 0 Å². The van der Waals surface area contributed by atoms with Crippen LogP contribution >= 0.6 is 0 Å². The van der Waals surface area contributed by atoms with Gasteiger partial charge in [0.15, 0.2) is 0 Å². The number of carbonyl (C=O) groups is 1. The monoisotopic (exact) mass is 323 g/mol. The van der Waals surface area contributed by atoms with E-state index in [1.807, 2.05) is 31.2 Å². The number of pyridine rings is 1. The number of amides is 1. The van der Waals surface area contributed by atoms with Crippen LogP contribution in [0, 0.1) is 13.8 Å². The zero-order chi connectivity index (χ0) is 17.1. The van der Waals surface area contributed by atoms with E-state index < -0.39 is 11.5 Å². The van der Waals surface area contributed by atoms with Gasteiger partial charge in [-0.15, -0.1) is 0 Å². The molecule has 0 aliphatic carbocycles. The highest BCUT2D eigenvalue weighted by Crippen LogP contribution is 2.16. The summed E-state index contributed by atoms with van der Waals surface area (Å²) >= 11 is 0. The van der Waals surface area contributed by atoms with E-state index in [0.717, 1.165) is 11.1 Å². The molecule has 24 heavy (non-hydrogen) atoms. The number of aryl methyl sites for hydroxylation is 2. The molecule has 6 nitrogen and oxygen atoms in total. The number of nitrogens with one attached hydrogen (secondary N) is 2. The molecule has 2 heterocycles. The van der Waals surface area contributed by atoms with E-state index in [-0.39, 0.29) is 12.1 Å². The summed E-state index contributed by atoms with van der Waals surface area (Å²) in [4.78, 5) is 27.1. The number of aromatic nitrogens is 2. The molecule has 0 atom stereocenters. The molecule has 0 spiro atoms. The Balaban J connectivity index is 1.77. The summed E-state index contributed by atoms with van der Waals surface area (Å²) in [5.74, 6) is 0.215. The Labute approximate surface area is 138 Å². The maximum absolute atomic E-state index is 12.2. The van der Waals surface area contributed by atoms with Gasteiger partial charge in [0, 0.05) is 11.8 Å². The first kappa shape index (κ1) is 15.7. The van der Waals surface area contributed by atoms with E-state index in [0.29, 0.717) is 17.1 Å². The summed E-state index contributed by atoms with van der Waals surface area (Å²) in [6.07, 6.45) is 0. The molecule has 0 bridgehead atoms. The average molecular weight is 323 g/mol. The lowest BCUT2D eigenvalue weighted by molar-refractivity contribution is 0.0948. The maximum Gasteiger partial charge on any atom is 0.261 e. The van der Waals surface area contributed by atoms with Crippen molar-refractivity contribution in [1.29, 1.82) is 0 Å². The molecule has 0 radical (unpaired) electrons. The van der Waals surface area contributed by atoms with Gasteiger partial charge in [-0.1, -0.05) is 28.9 Å². The third-order valence-electron chi connectivity index (χ3n) is 3.59. The molecular formula is C18H17N3O3. The number of hydrogen-bond donors (Lipinski definition) is 2. The first-order valence-corrected chi connectivity index (χ1v) is 7.54. The van der Waals surface area contributed by atoms with Crippen molar-refractivity contribution in [2.75, 3.05) is 0 Å². The normalized spacial score (nSPS) is 10.6. The van der Waals surface area contributed by atoms with Crippen LogP contribution in [0.5, 0.6) is 0 Å². The topological polar surface area (TPSA) is 88.0 Å². The maximum atomic E-state index is 12.2. The molecule has 1 aromatic carbocycles. The number of carbonyl (C=O) groups excluding carboxylic acids is 1. The highest BCUT2D eigenvalue weighted by atomic mass is 16.5. The SMILES string of the molecule is Cc1cccc(-c2ccc(C(=O)NCc3cc(C)on3)c(=O)[nH]2)c1. The molecule has 0 fully saturated rings. The predicted octanol–water partition coefficient (Wildman–Crippen LogP) is 2.58. The van der Waals surface area contributed by atoms with Crippen LogP contribution in [0.15, 0.2) is 51.8 Å². The third-order valence-corrected chi connectivity index (χ3v) is 3.59. The van der Waals surface area contributed by atoms with Gasteiger partial charge < -0.3 is 14.8 Å². The highest BCUT2D eigenvalue weighted by Gasteiger charge is 2.12. The zero-order valence-electron chi connectivity index (χ0n) is 13.4. The number of aromatic amines is 1. The Hall–Kier alpha value is -3.15. The van der Waals surface area contributed by atoms with Crippen molar-refractivity contribution in [3.05, 3.63) is 75.4 Å².